The molecule has 0 aromatic carbocycles. The first kappa shape index (κ1) is 15.3. The fourth-order valence-corrected chi connectivity index (χ4v) is 2.47. The zero-order valence-corrected chi connectivity index (χ0v) is 11.0. The smallest absolute Gasteiger partial charge is 0.326 e. The fourth-order valence-electron chi connectivity index (χ4n) is 2.47. The van der Waals surface area contributed by atoms with Crippen LogP contribution in [0.4, 0.5) is 8.78 Å². The molecule has 2 atom stereocenters. The van der Waals surface area contributed by atoms with Gasteiger partial charge in [0.15, 0.2) is 0 Å². The van der Waals surface area contributed by atoms with Gasteiger partial charge in [0.1, 0.15) is 12.1 Å². The summed E-state index contributed by atoms with van der Waals surface area (Å²) >= 11 is 0. The van der Waals surface area contributed by atoms with Crippen LogP contribution in [0.25, 0.3) is 0 Å². The Bertz CT molecular complexity index is 286. The first-order chi connectivity index (χ1) is 8.39. The van der Waals surface area contributed by atoms with E-state index < -0.39 is 18.6 Å². The molecule has 4 nitrogen and oxygen atoms in total. The van der Waals surface area contributed by atoms with Crippen LogP contribution < -0.4 is 5.32 Å². The van der Waals surface area contributed by atoms with E-state index in [0.717, 1.165) is 0 Å². The molecule has 0 heterocycles. The Morgan fingerprint density at radius 2 is 2.17 bits per heavy atom. The van der Waals surface area contributed by atoms with E-state index >= 15 is 0 Å². The zero-order chi connectivity index (χ0) is 13.8. The summed E-state index contributed by atoms with van der Waals surface area (Å²) in [6, 6.07) is 0.109. The topological polar surface area (TPSA) is 47.6 Å². The maximum atomic E-state index is 12.1. The van der Waals surface area contributed by atoms with Crippen molar-refractivity contribution in [3.8, 4) is 0 Å². The van der Waals surface area contributed by atoms with Gasteiger partial charge in [-0.05, 0) is 26.7 Å². The summed E-state index contributed by atoms with van der Waals surface area (Å²) in [5.41, 5.74) is -0.796. The molecule has 0 amide bonds. The summed E-state index contributed by atoms with van der Waals surface area (Å²) in [6.45, 7) is 3.28. The molecule has 0 spiro atoms. The van der Waals surface area contributed by atoms with Crippen molar-refractivity contribution in [1.82, 2.24) is 5.32 Å². The quantitative estimate of drug-likeness (QED) is 0.743. The van der Waals surface area contributed by atoms with Crippen LogP contribution in [-0.4, -0.2) is 43.8 Å². The molecule has 18 heavy (non-hydrogen) atoms. The maximum absolute atomic E-state index is 12.1. The van der Waals surface area contributed by atoms with Crippen molar-refractivity contribution in [3.63, 3.8) is 0 Å². The summed E-state index contributed by atoms with van der Waals surface area (Å²) in [5.74, 6) is -0.348. The molecular formula is C12H21F2NO3. The second-order valence-electron chi connectivity index (χ2n) is 4.96. The Morgan fingerprint density at radius 3 is 2.67 bits per heavy atom. The van der Waals surface area contributed by atoms with Gasteiger partial charge in [0.25, 0.3) is 6.43 Å². The van der Waals surface area contributed by atoms with Gasteiger partial charge in [-0.1, -0.05) is 0 Å². The summed E-state index contributed by atoms with van der Waals surface area (Å²) in [5, 5.41) is 3.18. The van der Waals surface area contributed by atoms with E-state index in [-0.39, 0.29) is 18.1 Å². The molecule has 0 aromatic heterocycles. The van der Waals surface area contributed by atoms with E-state index in [0.29, 0.717) is 19.3 Å². The molecule has 0 saturated heterocycles. The van der Waals surface area contributed by atoms with Gasteiger partial charge < -0.3 is 9.47 Å². The van der Waals surface area contributed by atoms with Crippen LogP contribution in [0.3, 0.4) is 0 Å². The normalized spacial score (nSPS) is 28.1. The van der Waals surface area contributed by atoms with E-state index in [2.05, 4.69) is 5.32 Å². The minimum atomic E-state index is -2.48. The third kappa shape index (κ3) is 3.88. The average Bonchev–Trinajstić information content (AvgIpc) is 2.69. The SMILES string of the molecule is COC(=O)C1(NC(C)C)CCC(OCC(F)F)C1. The van der Waals surface area contributed by atoms with Crippen LogP contribution in [0, 0.1) is 0 Å². The Labute approximate surface area is 106 Å². The highest BCUT2D eigenvalue weighted by Gasteiger charge is 2.47. The summed E-state index contributed by atoms with van der Waals surface area (Å²) in [7, 11) is 1.33. The second kappa shape index (κ2) is 6.43. The van der Waals surface area contributed by atoms with Crippen molar-refractivity contribution in [1.29, 1.82) is 0 Å². The van der Waals surface area contributed by atoms with Gasteiger partial charge >= 0.3 is 5.97 Å². The van der Waals surface area contributed by atoms with Crippen molar-refractivity contribution in [2.24, 2.45) is 0 Å². The van der Waals surface area contributed by atoms with E-state index in [4.69, 9.17) is 9.47 Å². The molecular weight excluding hydrogens is 244 g/mol. The van der Waals surface area contributed by atoms with Crippen LogP contribution in [0.2, 0.25) is 0 Å². The lowest BCUT2D eigenvalue weighted by Crippen LogP contribution is -2.53. The van der Waals surface area contributed by atoms with Crippen molar-refractivity contribution < 1.29 is 23.0 Å². The Hall–Kier alpha value is -0.750. The molecule has 1 rings (SSSR count). The lowest BCUT2D eigenvalue weighted by Gasteiger charge is -2.30. The van der Waals surface area contributed by atoms with Crippen LogP contribution in [0.5, 0.6) is 0 Å². The Kier molecular flexibility index (Phi) is 5.47. The zero-order valence-electron chi connectivity index (χ0n) is 11.0. The number of halogens is 2. The number of esters is 1. The minimum Gasteiger partial charge on any atom is -0.468 e. The second-order valence-corrected chi connectivity index (χ2v) is 4.96. The van der Waals surface area contributed by atoms with Crippen molar-refractivity contribution in [3.05, 3.63) is 0 Å². The number of hydrogen-bond acceptors (Lipinski definition) is 4. The molecule has 1 aliphatic carbocycles. The standard InChI is InChI=1S/C12H21F2NO3/c1-8(2)15-12(11(16)17-3)5-4-9(6-12)18-7-10(13)14/h8-10,15H,4-7H2,1-3H3. The Balaban J connectivity index is 2.62. The van der Waals surface area contributed by atoms with Crippen molar-refractivity contribution in [2.75, 3.05) is 13.7 Å². The number of alkyl halides is 2. The molecule has 0 aliphatic heterocycles. The minimum absolute atomic E-state index is 0.109. The number of hydrogen-bond donors (Lipinski definition) is 1. The van der Waals surface area contributed by atoms with Crippen LogP contribution in [0.1, 0.15) is 33.1 Å². The van der Waals surface area contributed by atoms with Gasteiger partial charge in [-0.25, -0.2) is 8.78 Å². The molecule has 0 aromatic rings. The highest BCUT2D eigenvalue weighted by molar-refractivity contribution is 5.81. The van der Waals surface area contributed by atoms with Crippen LogP contribution >= 0.6 is 0 Å². The number of ether oxygens (including phenoxy) is 2. The van der Waals surface area contributed by atoms with Crippen LogP contribution in [0.15, 0.2) is 0 Å². The fraction of sp³-hybridized carbons (Fsp3) is 0.917. The number of nitrogens with one attached hydrogen (secondary N) is 1. The van der Waals surface area contributed by atoms with E-state index in [1.54, 1.807) is 0 Å². The summed E-state index contributed by atoms with van der Waals surface area (Å²) in [4.78, 5) is 11.9. The first-order valence-corrected chi connectivity index (χ1v) is 6.15. The van der Waals surface area contributed by atoms with Gasteiger partial charge in [0.2, 0.25) is 0 Å². The first-order valence-electron chi connectivity index (χ1n) is 6.15. The maximum Gasteiger partial charge on any atom is 0.326 e. The molecule has 1 aliphatic rings. The van der Waals surface area contributed by atoms with E-state index in [1.165, 1.54) is 7.11 Å². The monoisotopic (exact) mass is 265 g/mol. The van der Waals surface area contributed by atoms with Gasteiger partial charge in [-0.15, -0.1) is 0 Å². The van der Waals surface area contributed by atoms with Gasteiger partial charge in [-0.2, -0.15) is 0 Å². The lowest BCUT2D eigenvalue weighted by molar-refractivity contribution is -0.149. The van der Waals surface area contributed by atoms with Gasteiger partial charge in [0.05, 0.1) is 13.2 Å². The third-order valence-corrected chi connectivity index (χ3v) is 3.07. The van der Waals surface area contributed by atoms with Crippen molar-refractivity contribution >= 4 is 5.97 Å². The molecule has 6 heteroatoms. The largest absolute Gasteiger partial charge is 0.468 e. The Morgan fingerprint density at radius 1 is 1.50 bits per heavy atom. The molecule has 1 N–H and O–H groups in total. The van der Waals surface area contributed by atoms with Crippen LogP contribution in [-0.2, 0) is 14.3 Å². The third-order valence-electron chi connectivity index (χ3n) is 3.07. The molecule has 106 valence electrons. The van der Waals surface area contributed by atoms with Gasteiger partial charge in [-0.3, -0.25) is 10.1 Å². The molecule has 1 fully saturated rings. The highest BCUT2D eigenvalue weighted by atomic mass is 19.3. The van der Waals surface area contributed by atoms with E-state index in [9.17, 15) is 13.6 Å². The number of carbonyl (C=O) groups excluding carboxylic acids is 1. The molecule has 0 bridgehead atoms. The predicted molar refractivity (Wildman–Crippen MR) is 62.6 cm³/mol. The van der Waals surface area contributed by atoms with Crippen molar-refractivity contribution in [2.45, 2.75) is 57.2 Å². The molecule has 2 unspecified atom stereocenters. The predicted octanol–water partition coefficient (Wildman–Crippen LogP) is 1.73. The van der Waals surface area contributed by atoms with Gasteiger partial charge in [0, 0.05) is 12.5 Å². The summed E-state index contributed by atoms with van der Waals surface area (Å²) in [6.07, 6.45) is -1.28. The average molecular weight is 265 g/mol. The lowest BCUT2D eigenvalue weighted by atomic mass is 9.96. The highest BCUT2D eigenvalue weighted by Crippen LogP contribution is 2.33. The molecule has 0 radical (unpaired) electrons. The number of methoxy groups -OCH3 is 1. The molecule has 1 saturated carbocycles. The number of carbonyl (C=O) groups is 1. The number of rotatable bonds is 6. The summed E-state index contributed by atoms with van der Waals surface area (Å²) < 4.78 is 34.1. The van der Waals surface area contributed by atoms with E-state index in [1.807, 2.05) is 13.8 Å².